The lowest BCUT2D eigenvalue weighted by Crippen LogP contribution is -2.40. The molecule has 1 aliphatic rings. The third-order valence-electron chi connectivity index (χ3n) is 3.70. The average molecular weight is 312 g/mol. The second-order valence-corrected chi connectivity index (χ2v) is 7.26. The molecular formula is C14H20N2O4S. The van der Waals surface area contributed by atoms with Crippen molar-refractivity contribution in [2.45, 2.75) is 19.4 Å². The number of benzene rings is 1. The van der Waals surface area contributed by atoms with Crippen LogP contribution >= 0.6 is 0 Å². The van der Waals surface area contributed by atoms with Crippen LogP contribution in [0, 0.1) is 5.92 Å². The summed E-state index contributed by atoms with van der Waals surface area (Å²) in [7, 11) is -3.16. The molecule has 1 fully saturated rings. The van der Waals surface area contributed by atoms with Crippen molar-refractivity contribution in [1.82, 2.24) is 4.31 Å². The summed E-state index contributed by atoms with van der Waals surface area (Å²) in [6.07, 6.45) is 2.26. The van der Waals surface area contributed by atoms with E-state index in [4.69, 9.17) is 5.11 Å². The van der Waals surface area contributed by atoms with Crippen molar-refractivity contribution < 1.29 is 18.3 Å². The molecule has 2 rings (SSSR count). The molecule has 21 heavy (non-hydrogen) atoms. The summed E-state index contributed by atoms with van der Waals surface area (Å²) < 4.78 is 24.2. The fourth-order valence-corrected chi connectivity index (χ4v) is 3.26. The number of sulfonamides is 1. The van der Waals surface area contributed by atoms with Gasteiger partial charge in [-0.25, -0.2) is 12.7 Å². The SMILES string of the molecule is CS(=O)(=O)N1CCC(C(=O)Nc2ccc(CO)cc2)CC1. The summed E-state index contributed by atoms with van der Waals surface area (Å²) in [5, 5.41) is 11.8. The molecule has 7 heteroatoms. The summed E-state index contributed by atoms with van der Waals surface area (Å²) in [6.45, 7) is 0.749. The highest BCUT2D eigenvalue weighted by molar-refractivity contribution is 7.88. The van der Waals surface area contributed by atoms with Gasteiger partial charge in [0, 0.05) is 24.7 Å². The minimum Gasteiger partial charge on any atom is -0.392 e. The number of aliphatic hydroxyl groups is 1. The van der Waals surface area contributed by atoms with Gasteiger partial charge in [-0.1, -0.05) is 12.1 Å². The number of hydrogen-bond donors (Lipinski definition) is 2. The zero-order valence-electron chi connectivity index (χ0n) is 11.9. The first kappa shape index (κ1) is 15.9. The van der Waals surface area contributed by atoms with Crippen LogP contribution in [0.5, 0.6) is 0 Å². The molecule has 1 aromatic carbocycles. The lowest BCUT2D eigenvalue weighted by molar-refractivity contribution is -0.120. The van der Waals surface area contributed by atoms with Crippen molar-refractivity contribution in [2.24, 2.45) is 5.92 Å². The van der Waals surface area contributed by atoms with Gasteiger partial charge in [0.2, 0.25) is 15.9 Å². The largest absolute Gasteiger partial charge is 0.392 e. The standard InChI is InChI=1S/C14H20N2O4S/c1-21(19,20)16-8-6-12(7-9-16)14(18)15-13-4-2-11(10-17)3-5-13/h2-5,12,17H,6-10H2,1H3,(H,15,18). The van der Waals surface area contributed by atoms with E-state index in [9.17, 15) is 13.2 Å². The van der Waals surface area contributed by atoms with Crippen molar-refractivity contribution in [3.8, 4) is 0 Å². The number of carbonyl (C=O) groups is 1. The van der Waals surface area contributed by atoms with Gasteiger partial charge in [0.25, 0.3) is 0 Å². The second-order valence-electron chi connectivity index (χ2n) is 5.28. The van der Waals surface area contributed by atoms with E-state index in [1.165, 1.54) is 10.6 Å². The number of amides is 1. The summed E-state index contributed by atoms with van der Waals surface area (Å²) in [5.41, 5.74) is 1.47. The quantitative estimate of drug-likeness (QED) is 0.860. The van der Waals surface area contributed by atoms with E-state index in [0.717, 1.165) is 5.56 Å². The maximum Gasteiger partial charge on any atom is 0.227 e. The van der Waals surface area contributed by atoms with Crippen LogP contribution in [0.25, 0.3) is 0 Å². The number of rotatable bonds is 4. The Morgan fingerprint density at radius 1 is 1.29 bits per heavy atom. The summed E-state index contributed by atoms with van der Waals surface area (Å²) in [5.74, 6) is -0.250. The molecule has 1 heterocycles. The van der Waals surface area contributed by atoms with E-state index < -0.39 is 10.0 Å². The molecule has 0 bridgehead atoms. The fraction of sp³-hybridized carbons (Fsp3) is 0.500. The van der Waals surface area contributed by atoms with Crippen LogP contribution in [0.2, 0.25) is 0 Å². The van der Waals surface area contributed by atoms with Crippen LogP contribution < -0.4 is 5.32 Å². The van der Waals surface area contributed by atoms with E-state index in [1.807, 2.05) is 0 Å². The molecule has 0 saturated carbocycles. The highest BCUT2D eigenvalue weighted by Gasteiger charge is 2.28. The molecule has 2 N–H and O–H groups in total. The zero-order chi connectivity index (χ0) is 15.5. The Hall–Kier alpha value is -1.44. The third-order valence-corrected chi connectivity index (χ3v) is 5.00. The molecule has 1 amide bonds. The Kier molecular flexibility index (Phi) is 4.97. The predicted molar refractivity (Wildman–Crippen MR) is 80.1 cm³/mol. The first-order valence-corrected chi connectivity index (χ1v) is 8.71. The van der Waals surface area contributed by atoms with Crippen molar-refractivity contribution in [3.05, 3.63) is 29.8 Å². The number of carbonyl (C=O) groups excluding carboxylic acids is 1. The van der Waals surface area contributed by atoms with E-state index in [-0.39, 0.29) is 18.4 Å². The van der Waals surface area contributed by atoms with Gasteiger partial charge in [-0.05, 0) is 30.5 Å². The average Bonchev–Trinajstić information content (AvgIpc) is 2.47. The molecule has 0 atom stereocenters. The third kappa shape index (κ3) is 4.26. The Morgan fingerprint density at radius 2 is 1.86 bits per heavy atom. The topological polar surface area (TPSA) is 86.7 Å². The summed E-state index contributed by atoms with van der Waals surface area (Å²) in [6, 6.07) is 6.99. The van der Waals surface area contributed by atoms with E-state index in [2.05, 4.69) is 5.32 Å². The first-order valence-electron chi connectivity index (χ1n) is 6.86. The molecule has 1 saturated heterocycles. The van der Waals surface area contributed by atoms with Crippen LogP contribution in [-0.4, -0.2) is 43.1 Å². The minimum atomic E-state index is -3.16. The monoisotopic (exact) mass is 312 g/mol. The molecule has 1 aliphatic heterocycles. The van der Waals surface area contributed by atoms with Gasteiger partial charge >= 0.3 is 0 Å². The number of nitrogens with one attached hydrogen (secondary N) is 1. The van der Waals surface area contributed by atoms with Gasteiger partial charge < -0.3 is 10.4 Å². The van der Waals surface area contributed by atoms with Crippen LogP contribution in [0.1, 0.15) is 18.4 Å². The lowest BCUT2D eigenvalue weighted by Gasteiger charge is -2.29. The van der Waals surface area contributed by atoms with Gasteiger partial charge in [-0.15, -0.1) is 0 Å². The van der Waals surface area contributed by atoms with Crippen LogP contribution in [0.15, 0.2) is 24.3 Å². The number of hydrogen-bond acceptors (Lipinski definition) is 4. The van der Waals surface area contributed by atoms with Crippen LogP contribution in [-0.2, 0) is 21.4 Å². The smallest absolute Gasteiger partial charge is 0.227 e. The zero-order valence-corrected chi connectivity index (χ0v) is 12.8. The van der Waals surface area contributed by atoms with Gasteiger partial charge in [-0.2, -0.15) is 0 Å². The molecule has 0 radical (unpaired) electrons. The molecule has 6 nitrogen and oxygen atoms in total. The van der Waals surface area contributed by atoms with Crippen molar-refractivity contribution in [3.63, 3.8) is 0 Å². The number of anilines is 1. The summed E-state index contributed by atoms with van der Waals surface area (Å²) in [4.78, 5) is 12.1. The van der Waals surface area contributed by atoms with Crippen molar-refractivity contribution in [2.75, 3.05) is 24.7 Å². The van der Waals surface area contributed by atoms with E-state index in [1.54, 1.807) is 24.3 Å². The number of piperidine rings is 1. The minimum absolute atomic E-state index is 0.0296. The molecule has 0 aromatic heterocycles. The fourth-order valence-electron chi connectivity index (χ4n) is 2.39. The van der Waals surface area contributed by atoms with E-state index >= 15 is 0 Å². The molecule has 0 aliphatic carbocycles. The lowest BCUT2D eigenvalue weighted by atomic mass is 9.97. The summed E-state index contributed by atoms with van der Waals surface area (Å²) >= 11 is 0. The van der Waals surface area contributed by atoms with Gasteiger partial charge in [0.15, 0.2) is 0 Å². The maximum absolute atomic E-state index is 12.1. The van der Waals surface area contributed by atoms with Crippen LogP contribution in [0.3, 0.4) is 0 Å². The van der Waals surface area contributed by atoms with Gasteiger partial charge in [0.05, 0.1) is 12.9 Å². The Morgan fingerprint density at radius 3 is 2.33 bits per heavy atom. The van der Waals surface area contributed by atoms with Crippen LogP contribution in [0.4, 0.5) is 5.69 Å². The first-order chi connectivity index (χ1) is 9.90. The molecular weight excluding hydrogens is 292 g/mol. The Labute approximate surface area is 124 Å². The normalized spacial score (nSPS) is 17.6. The number of nitrogens with zero attached hydrogens (tertiary/aromatic N) is 1. The number of aliphatic hydroxyl groups excluding tert-OH is 1. The molecule has 0 unspecified atom stereocenters. The Balaban J connectivity index is 1.90. The predicted octanol–water partition coefficient (Wildman–Crippen LogP) is 0.789. The molecule has 0 spiro atoms. The molecule has 1 aromatic rings. The second kappa shape index (κ2) is 6.55. The van der Waals surface area contributed by atoms with Crippen molar-refractivity contribution >= 4 is 21.6 Å². The van der Waals surface area contributed by atoms with Crippen molar-refractivity contribution in [1.29, 1.82) is 0 Å². The maximum atomic E-state index is 12.1. The highest BCUT2D eigenvalue weighted by Crippen LogP contribution is 2.21. The van der Waals surface area contributed by atoms with Gasteiger partial charge in [-0.3, -0.25) is 4.79 Å². The van der Waals surface area contributed by atoms with Gasteiger partial charge in [0.1, 0.15) is 0 Å². The highest BCUT2D eigenvalue weighted by atomic mass is 32.2. The molecule has 116 valence electrons. The Bertz CT molecular complexity index is 590. The van der Waals surface area contributed by atoms with E-state index in [0.29, 0.717) is 31.6 Å².